The normalized spacial score (nSPS) is 18.2. The third kappa shape index (κ3) is 6.69. The van der Waals surface area contributed by atoms with E-state index >= 15 is 0 Å². The fourth-order valence-corrected chi connectivity index (χ4v) is 5.71. The number of hydrogen-bond donors (Lipinski definition) is 2. The summed E-state index contributed by atoms with van der Waals surface area (Å²) in [6.07, 6.45) is 0.746. The zero-order chi connectivity index (χ0) is 29.7. The van der Waals surface area contributed by atoms with Gasteiger partial charge in [-0.25, -0.2) is 0 Å². The molecule has 3 aromatic rings. The maximum Gasteiger partial charge on any atom is 0.250 e. The average Bonchev–Trinajstić information content (AvgIpc) is 3.07. The number of fused-ring (bicyclic) bond motifs is 1. The monoisotopic (exact) mass is 577 g/mol. The number of hydrogen-bond acceptors (Lipinski definition) is 5. The van der Waals surface area contributed by atoms with Gasteiger partial charge in [0.25, 0.3) is 5.91 Å². The SMILES string of the molecule is C[C@@H]1CCN(C(Cc2cccc3ccccc23)C(N)=O)C(=O)[C@H](c2cccc(Cl)c2)N1C(=O)CN(C)C(=O)CCN. The number of carbonyl (C=O) groups is 4. The van der Waals surface area contributed by atoms with Gasteiger partial charge in [0, 0.05) is 44.0 Å². The maximum atomic E-state index is 14.4. The highest BCUT2D eigenvalue weighted by Gasteiger charge is 2.43. The minimum Gasteiger partial charge on any atom is -0.368 e. The van der Waals surface area contributed by atoms with Gasteiger partial charge in [-0.1, -0.05) is 66.2 Å². The first-order valence-corrected chi connectivity index (χ1v) is 14.1. The van der Waals surface area contributed by atoms with Crippen LogP contribution in [0.15, 0.2) is 66.7 Å². The summed E-state index contributed by atoms with van der Waals surface area (Å²) in [7, 11) is 1.54. The number of carbonyl (C=O) groups excluding carboxylic acids is 4. The lowest BCUT2D eigenvalue weighted by molar-refractivity contribution is -0.150. The van der Waals surface area contributed by atoms with Gasteiger partial charge in [0.2, 0.25) is 17.7 Å². The second-order valence-corrected chi connectivity index (χ2v) is 10.9. The molecular weight excluding hydrogens is 542 g/mol. The third-order valence-electron chi connectivity index (χ3n) is 7.66. The molecule has 0 saturated carbocycles. The van der Waals surface area contributed by atoms with Crippen molar-refractivity contribution in [1.29, 1.82) is 0 Å². The Morgan fingerprint density at radius 1 is 1.07 bits per heavy atom. The highest BCUT2D eigenvalue weighted by Crippen LogP contribution is 2.33. The molecule has 4 N–H and O–H groups in total. The fourth-order valence-electron chi connectivity index (χ4n) is 5.52. The van der Waals surface area contributed by atoms with Gasteiger partial charge in [0.1, 0.15) is 12.1 Å². The largest absolute Gasteiger partial charge is 0.368 e. The lowest BCUT2D eigenvalue weighted by atomic mass is 9.96. The van der Waals surface area contributed by atoms with E-state index in [-0.39, 0.29) is 44.4 Å². The minimum absolute atomic E-state index is 0.109. The quantitative estimate of drug-likeness (QED) is 0.404. The Morgan fingerprint density at radius 2 is 1.78 bits per heavy atom. The van der Waals surface area contributed by atoms with E-state index in [9.17, 15) is 19.2 Å². The van der Waals surface area contributed by atoms with Crippen molar-refractivity contribution >= 4 is 46.0 Å². The third-order valence-corrected chi connectivity index (χ3v) is 7.90. The smallest absolute Gasteiger partial charge is 0.250 e. The molecule has 3 aromatic carbocycles. The number of primary amides is 1. The predicted molar refractivity (Wildman–Crippen MR) is 159 cm³/mol. The Bertz CT molecular complexity index is 1440. The molecule has 1 unspecified atom stereocenters. The molecule has 0 spiro atoms. The first kappa shape index (κ1) is 30.0. The Labute approximate surface area is 245 Å². The van der Waals surface area contributed by atoms with Crippen molar-refractivity contribution in [2.45, 2.75) is 44.3 Å². The summed E-state index contributed by atoms with van der Waals surface area (Å²) in [5.74, 6) is -1.71. The van der Waals surface area contributed by atoms with Crippen LogP contribution in [0.25, 0.3) is 10.8 Å². The van der Waals surface area contributed by atoms with Crippen molar-refractivity contribution in [2.24, 2.45) is 11.5 Å². The Hall–Kier alpha value is -3.95. The van der Waals surface area contributed by atoms with Crippen molar-refractivity contribution < 1.29 is 19.2 Å². The molecule has 1 aliphatic rings. The molecule has 1 heterocycles. The Balaban J connectivity index is 1.73. The number of nitrogens with zero attached hydrogens (tertiary/aromatic N) is 3. The van der Waals surface area contributed by atoms with Crippen molar-refractivity contribution in [3.8, 4) is 0 Å². The topological polar surface area (TPSA) is 130 Å². The fraction of sp³-hybridized carbons (Fsp3) is 0.355. The van der Waals surface area contributed by atoms with Crippen molar-refractivity contribution in [3.63, 3.8) is 0 Å². The summed E-state index contributed by atoms with van der Waals surface area (Å²) in [4.78, 5) is 57.8. The van der Waals surface area contributed by atoms with Gasteiger partial charge >= 0.3 is 0 Å². The minimum atomic E-state index is -1.06. The van der Waals surface area contributed by atoms with Crippen LogP contribution in [0.1, 0.15) is 36.9 Å². The summed E-state index contributed by atoms with van der Waals surface area (Å²) in [6.45, 7) is 2.03. The zero-order valence-corrected chi connectivity index (χ0v) is 24.1. The molecule has 1 saturated heterocycles. The van der Waals surface area contributed by atoms with E-state index in [1.165, 1.54) is 21.7 Å². The van der Waals surface area contributed by atoms with Gasteiger partial charge in [-0.2, -0.15) is 0 Å². The second kappa shape index (κ2) is 13.1. The number of rotatable bonds is 9. The molecule has 1 aliphatic heterocycles. The van der Waals surface area contributed by atoms with E-state index in [2.05, 4.69) is 0 Å². The van der Waals surface area contributed by atoms with E-state index in [1.54, 1.807) is 24.3 Å². The van der Waals surface area contributed by atoms with Crippen molar-refractivity contribution in [3.05, 3.63) is 82.9 Å². The molecule has 3 atom stereocenters. The first-order valence-electron chi connectivity index (χ1n) is 13.7. The standard InChI is InChI=1S/C31H36ClN5O4/c1-20-14-16-36(26(30(34)40)18-22-9-5-8-21-7-3-4-12-25(21)22)31(41)29(23-10-6-11-24(32)17-23)37(20)28(39)19-35(2)27(38)13-15-33/h3-12,17,20,26,29H,13-16,18-19,33H2,1-2H3,(H2,34,40)/t20-,26?,29+/m1/s1. The van der Waals surface area contributed by atoms with Crippen LogP contribution in [-0.4, -0.2) is 77.1 Å². The molecular formula is C31H36ClN5O4. The van der Waals surface area contributed by atoms with Crippen LogP contribution < -0.4 is 11.5 Å². The van der Waals surface area contributed by atoms with Crippen molar-refractivity contribution in [1.82, 2.24) is 14.7 Å². The van der Waals surface area contributed by atoms with E-state index < -0.39 is 29.8 Å². The molecule has 216 valence electrons. The second-order valence-electron chi connectivity index (χ2n) is 10.5. The number of amides is 4. The summed E-state index contributed by atoms with van der Waals surface area (Å²) in [5.41, 5.74) is 12.9. The lowest BCUT2D eigenvalue weighted by Crippen LogP contribution is -2.53. The lowest BCUT2D eigenvalue weighted by Gasteiger charge is -2.36. The van der Waals surface area contributed by atoms with Crippen LogP contribution in [0.2, 0.25) is 5.02 Å². The molecule has 9 nitrogen and oxygen atoms in total. The highest BCUT2D eigenvalue weighted by atomic mass is 35.5. The molecule has 10 heteroatoms. The van der Waals surface area contributed by atoms with Gasteiger partial charge in [0.15, 0.2) is 0 Å². The molecule has 4 rings (SSSR count). The van der Waals surface area contributed by atoms with E-state index in [1.807, 2.05) is 49.4 Å². The zero-order valence-electron chi connectivity index (χ0n) is 23.3. The number of nitrogens with two attached hydrogens (primary N) is 2. The summed E-state index contributed by atoms with van der Waals surface area (Å²) in [6, 6.07) is 18.1. The average molecular weight is 578 g/mol. The number of benzene rings is 3. The summed E-state index contributed by atoms with van der Waals surface area (Å²) < 4.78 is 0. The van der Waals surface area contributed by atoms with Crippen LogP contribution in [0.3, 0.4) is 0 Å². The summed E-state index contributed by atoms with van der Waals surface area (Å²) >= 11 is 6.32. The van der Waals surface area contributed by atoms with Crippen LogP contribution in [0.5, 0.6) is 0 Å². The predicted octanol–water partition coefficient (Wildman–Crippen LogP) is 2.89. The van der Waals surface area contributed by atoms with E-state index in [0.29, 0.717) is 17.0 Å². The Kier molecular flexibility index (Phi) is 9.62. The number of halogens is 1. The van der Waals surface area contributed by atoms with Crippen LogP contribution in [0, 0.1) is 0 Å². The van der Waals surface area contributed by atoms with E-state index in [4.69, 9.17) is 23.1 Å². The molecule has 0 bridgehead atoms. The summed E-state index contributed by atoms with van der Waals surface area (Å²) in [5, 5.41) is 2.40. The van der Waals surface area contributed by atoms with Crippen LogP contribution >= 0.6 is 11.6 Å². The van der Waals surface area contributed by atoms with Gasteiger partial charge in [-0.15, -0.1) is 0 Å². The van der Waals surface area contributed by atoms with Gasteiger partial charge < -0.3 is 26.2 Å². The Morgan fingerprint density at radius 3 is 2.49 bits per heavy atom. The van der Waals surface area contributed by atoms with Crippen molar-refractivity contribution in [2.75, 3.05) is 26.7 Å². The molecule has 0 aromatic heterocycles. The number of likely N-dealkylation sites (N-methyl/N-ethyl adjacent to an activating group) is 1. The maximum absolute atomic E-state index is 14.4. The molecule has 1 fully saturated rings. The first-order chi connectivity index (χ1) is 19.6. The highest BCUT2D eigenvalue weighted by molar-refractivity contribution is 6.30. The molecule has 0 radical (unpaired) electrons. The molecule has 0 aliphatic carbocycles. The molecule has 4 amide bonds. The van der Waals surface area contributed by atoms with E-state index in [0.717, 1.165) is 16.3 Å². The van der Waals surface area contributed by atoms with Crippen LogP contribution in [0.4, 0.5) is 0 Å². The van der Waals surface area contributed by atoms with Gasteiger partial charge in [0.05, 0.1) is 6.54 Å². The van der Waals surface area contributed by atoms with Crippen LogP contribution in [-0.2, 0) is 25.6 Å². The van der Waals surface area contributed by atoms with Gasteiger partial charge in [-0.3, -0.25) is 19.2 Å². The van der Waals surface area contributed by atoms with Gasteiger partial charge in [-0.05, 0) is 47.4 Å². The molecule has 41 heavy (non-hydrogen) atoms.